The molecule has 0 spiro atoms. The summed E-state index contributed by atoms with van der Waals surface area (Å²) in [5.41, 5.74) is 0. The summed E-state index contributed by atoms with van der Waals surface area (Å²) in [4.78, 5) is 7.04. The summed E-state index contributed by atoms with van der Waals surface area (Å²) in [5.74, 6) is 1.55. The first kappa shape index (κ1) is 22.0. The molecule has 2 aliphatic rings. The van der Waals surface area contributed by atoms with Crippen LogP contribution in [0.4, 0.5) is 0 Å². The molecule has 2 heterocycles. The molecule has 2 N–H and O–H groups in total. The van der Waals surface area contributed by atoms with Crippen molar-refractivity contribution in [2.45, 2.75) is 64.5 Å². The maximum absolute atomic E-state index is 5.67. The minimum absolute atomic E-state index is 0. The van der Waals surface area contributed by atoms with Crippen LogP contribution >= 0.6 is 24.0 Å². The van der Waals surface area contributed by atoms with Crippen molar-refractivity contribution in [1.82, 2.24) is 15.5 Å². The van der Waals surface area contributed by atoms with E-state index in [0.29, 0.717) is 18.1 Å². The first-order chi connectivity index (χ1) is 11.2. The van der Waals surface area contributed by atoms with Crippen molar-refractivity contribution in [2.24, 2.45) is 10.9 Å². The summed E-state index contributed by atoms with van der Waals surface area (Å²) >= 11 is 0. The lowest BCUT2D eigenvalue weighted by Gasteiger charge is -2.34. The highest BCUT2D eigenvalue weighted by Gasteiger charge is 2.23. The van der Waals surface area contributed by atoms with Crippen LogP contribution in [0, 0.1) is 5.92 Å². The van der Waals surface area contributed by atoms with Gasteiger partial charge in [-0.05, 0) is 44.7 Å². The number of guanidine groups is 1. The fraction of sp³-hybridized carbons (Fsp3) is 0.944. The summed E-state index contributed by atoms with van der Waals surface area (Å²) in [7, 11) is 1.85. The van der Waals surface area contributed by atoms with Gasteiger partial charge in [0.1, 0.15) is 0 Å². The molecule has 2 saturated heterocycles. The number of likely N-dealkylation sites (tertiary alicyclic amines) is 1. The van der Waals surface area contributed by atoms with Gasteiger partial charge in [0.15, 0.2) is 5.96 Å². The molecule has 0 amide bonds. The van der Waals surface area contributed by atoms with Crippen molar-refractivity contribution in [3.05, 3.63) is 0 Å². The number of rotatable bonds is 6. The van der Waals surface area contributed by atoms with E-state index in [4.69, 9.17) is 4.74 Å². The van der Waals surface area contributed by atoms with Gasteiger partial charge < -0.3 is 15.4 Å². The number of halogens is 1. The van der Waals surface area contributed by atoms with E-state index < -0.39 is 0 Å². The lowest BCUT2D eigenvalue weighted by atomic mass is 10.0. The largest absolute Gasteiger partial charge is 0.376 e. The molecule has 0 aromatic heterocycles. The van der Waals surface area contributed by atoms with Gasteiger partial charge in [0.2, 0.25) is 0 Å². The predicted octanol–water partition coefficient (Wildman–Crippen LogP) is 2.85. The number of hydrogen-bond donors (Lipinski definition) is 2. The molecule has 2 rings (SSSR count). The van der Waals surface area contributed by atoms with E-state index in [9.17, 15) is 0 Å². The van der Waals surface area contributed by atoms with Crippen LogP contribution < -0.4 is 10.6 Å². The van der Waals surface area contributed by atoms with E-state index in [-0.39, 0.29) is 24.0 Å². The minimum Gasteiger partial charge on any atom is -0.376 e. The summed E-state index contributed by atoms with van der Waals surface area (Å²) < 4.78 is 5.67. The number of ether oxygens (including phenoxy) is 1. The monoisotopic (exact) mass is 452 g/mol. The molecule has 0 aromatic rings. The molecule has 0 aliphatic carbocycles. The molecule has 0 aromatic carbocycles. The lowest BCUT2D eigenvalue weighted by Crippen LogP contribution is -2.50. The molecule has 5 nitrogen and oxygen atoms in total. The van der Waals surface area contributed by atoms with Crippen molar-refractivity contribution >= 4 is 29.9 Å². The molecule has 2 fully saturated rings. The van der Waals surface area contributed by atoms with E-state index in [1.165, 1.54) is 45.2 Å². The Balaban J connectivity index is 0.00000288. The Hall–Kier alpha value is -0.0800. The van der Waals surface area contributed by atoms with Crippen LogP contribution in [0.5, 0.6) is 0 Å². The topological polar surface area (TPSA) is 48.9 Å². The molecular weight excluding hydrogens is 415 g/mol. The second-order valence-electron chi connectivity index (χ2n) is 7.23. The zero-order chi connectivity index (χ0) is 16.5. The third kappa shape index (κ3) is 7.44. The summed E-state index contributed by atoms with van der Waals surface area (Å²) in [6.45, 7) is 9.87. The number of nitrogens with one attached hydrogen (secondary N) is 2. The average Bonchev–Trinajstić information content (AvgIpc) is 2.92. The fourth-order valence-corrected chi connectivity index (χ4v) is 3.65. The molecule has 2 unspecified atom stereocenters. The smallest absolute Gasteiger partial charge is 0.191 e. The molecular formula is C18H37IN4O. The highest BCUT2D eigenvalue weighted by molar-refractivity contribution is 14.0. The number of hydrogen-bond acceptors (Lipinski definition) is 3. The van der Waals surface area contributed by atoms with Crippen LogP contribution in [0.15, 0.2) is 4.99 Å². The summed E-state index contributed by atoms with van der Waals surface area (Å²) in [5, 5.41) is 6.95. The normalized spacial score (nSPS) is 24.3. The Morgan fingerprint density at radius 1 is 1.12 bits per heavy atom. The SMILES string of the molecule is CN=C(NCC1CCCO1)NCC(C(C)C)N1CCCCCC1.I. The quantitative estimate of drug-likeness (QED) is 0.370. The minimum atomic E-state index is 0. The molecule has 24 heavy (non-hydrogen) atoms. The van der Waals surface area contributed by atoms with E-state index >= 15 is 0 Å². The molecule has 6 heteroatoms. The van der Waals surface area contributed by atoms with Crippen LogP contribution in [0.2, 0.25) is 0 Å². The third-order valence-corrected chi connectivity index (χ3v) is 5.10. The van der Waals surface area contributed by atoms with Gasteiger partial charge in [-0.25, -0.2) is 0 Å². The molecule has 142 valence electrons. The van der Waals surface area contributed by atoms with Gasteiger partial charge in [0.25, 0.3) is 0 Å². The maximum Gasteiger partial charge on any atom is 0.191 e. The van der Waals surface area contributed by atoms with E-state index in [1.54, 1.807) is 0 Å². The molecule has 2 aliphatic heterocycles. The Morgan fingerprint density at radius 2 is 1.83 bits per heavy atom. The second-order valence-corrected chi connectivity index (χ2v) is 7.23. The number of aliphatic imine (C=N–C) groups is 1. The van der Waals surface area contributed by atoms with Crippen LogP contribution in [0.1, 0.15) is 52.4 Å². The van der Waals surface area contributed by atoms with Gasteiger partial charge in [0, 0.05) is 32.8 Å². The van der Waals surface area contributed by atoms with Crippen molar-refractivity contribution in [2.75, 3.05) is 39.8 Å². The Kier molecular flexibility index (Phi) is 11.3. The molecule has 0 bridgehead atoms. The standard InChI is InChI=1S/C18H36N4O.HI/c1-15(2)17(22-10-6-4-5-7-11-22)14-21-18(19-3)20-13-16-9-8-12-23-16;/h15-17H,4-14H2,1-3H3,(H2,19,20,21);1H. The summed E-state index contributed by atoms with van der Waals surface area (Å²) in [6.07, 6.45) is 8.15. The first-order valence-electron chi connectivity index (χ1n) is 9.51. The highest BCUT2D eigenvalue weighted by atomic mass is 127. The second kappa shape index (κ2) is 12.3. The average molecular weight is 452 g/mol. The Bertz CT molecular complexity index is 351. The Labute approximate surface area is 165 Å². The zero-order valence-electron chi connectivity index (χ0n) is 15.7. The lowest BCUT2D eigenvalue weighted by molar-refractivity contribution is 0.113. The van der Waals surface area contributed by atoms with Gasteiger partial charge in [-0.1, -0.05) is 26.7 Å². The van der Waals surface area contributed by atoms with Gasteiger partial charge >= 0.3 is 0 Å². The fourth-order valence-electron chi connectivity index (χ4n) is 3.65. The van der Waals surface area contributed by atoms with Crippen molar-refractivity contribution in [3.8, 4) is 0 Å². The van der Waals surface area contributed by atoms with Gasteiger partial charge in [-0.2, -0.15) is 0 Å². The van der Waals surface area contributed by atoms with Crippen LogP contribution in [-0.2, 0) is 4.74 Å². The first-order valence-corrected chi connectivity index (χ1v) is 9.51. The van der Waals surface area contributed by atoms with Gasteiger partial charge in [-0.3, -0.25) is 9.89 Å². The van der Waals surface area contributed by atoms with Gasteiger partial charge in [0.05, 0.1) is 6.10 Å². The third-order valence-electron chi connectivity index (χ3n) is 5.10. The van der Waals surface area contributed by atoms with Crippen LogP contribution in [-0.4, -0.2) is 62.8 Å². The maximum atomic E-state index is 5.67. The molecule has 0 saturated carbocycles. The van der Waals surface area contributed by atoms with E-state index in [0.717, 1.165) is 32.1 Å². The van der Waals surface area contributed by atoms with Crippen molar-refractivity contribution in [1.29, 1.82) is 0 Å². The van der Waals surface area contributed by atoms with Crippen molar-refractivity contribution in [3.63, 3.8) is 0 Å². The summed E-state index contributed by atoms with van der Waals surface area (Å²) in [6, 6.07) is 0.578. The molecule has 2 atom stereocenters. The number of nitrogens with zero attached hydrogens (tertiary/aromatic N) is 2. The van der Waals surface area contributed by atoms with Crippen LogP contribution in [0.25, 0.3) is 0 Å². The van der Waals surface area contributed by atoms with Crippen molar-refractivity contribution < 1.29 is 4.74 Å². The zero-order valence-corrected chi connectivity index (χ0v) is 18.1. The van der Waals surface area contributed by atoms with E-state index in [2.05, 4.69) is 34.4 Å². The predicted molar refractivity (Wildman–Crippen MR) is 112 cm³/mol. The Morgan fingerprint density at radius 3 is 2.38 bits per heavy atom. The van der Waals surface area contributed by atoms with Crippen LogP contribution in [0.3, 0.4) is 0 Å². The van der Waals surface area contributed by atoms with Gasteiger partial charge in [-0.15, -0.1) is 24.0 Å². The highest BCUT2D eigenvalue weighted by Crippen LogP contribution is 2.17. The van der Waals surface area contributed by atoms with E-state index in [1.807, 2.05) is 7.05 Å². The molecule has 0 radical (unpaired) electrons.